The normalized spacial score (nSPS) is 16.1. The van der Waals surface area contributed by atoms with Gasteiger partial charge in [0, 0.05) is 6.42 Å². The van der Waals surface area contributed by atoms with E-state index in [0.29, 0.717) is 12.8 Å². The van der Waals surface area contributed by atoms with Crippen LogP contribution in [0.2, 0.25) is 0 Å². The Hall–Kier alpha value is -2.62. The van der Waals surface area contributed by atoms with Crippen LogP contribution in [0.3, 0.4) is 0 Å². The third-order valence-electron chi connectivity index (χ3n) is 4.77. The molecule has 0 saturated heterocycles. The number of fused-ring (bicyclic) bond motifs is 1. The fourth-order valence-corrected chi connectivity index (χ4v) is 3.47. The standard InChI is InChI=1S/C21H23NO3/c1-14-4-2-5-15(12-14)8-11-20(23)22-19-7-3-6-16-9-10-17(21(24)25)13-18(16)19/h2,4-5,9-10,12-13,19H,3,6-8,11H2,1H3,(H,22,23)(H,24,25). The second-order valence-corrected chi connectivity index (χ2v) is 6.72. The first-order chi connectivity index (χ1) is 12.0. The highest BCUT2D eigenvalue weighted by Gasteiger charge is 2.23. The first-order valence-electron chi connectivity index (χ1n) is 8.74. The van der Waals surface area contributed by atoms with Crippen molar-refractivity contribution in [2.75, 3.05) is 0 Å². The van der Waals surface area contributed by atoms with Gasteiger partial charge in [0.15, 0.2) is 0 Å². The highest BCUT2D eigenvalue weighted by atomic mass is 16.4. The summed E-state index contributed by atoms with van der Waals surface area (Å²) in [7, 11) is 0. The molecular weight excluding hydrogens is 314 g/mol. The van der Waals surface area contributed by atoms with Gasteiger partial charge in [-0.25, -0.2) is 4.79 Å². The Labute approximate surface area is 147 Å². The van der Waals surface area contributed by atoms with E-state index >= 15 is 0 Å². The monoisotopic (exact) mass is 337 g/mol. The zero-order valence-corrected chi connectivity index (χ0v) is 14.4. The lowest BCUT2D eigenvalue weighted by Crippen LogP contribution is -2.31. The van der Waals surface area contributed by atoms with E-state index in [4.69, 9.17) is 0 Å². The minimum absolute atomic E-state index is 0.0140. The summed E-state index contributed by atoms with van der Waals surface area (Å²) in [6.45, 7) is 2.04. The van der Waals surface area contributed by atoms with Crippen LogP contribution in [0.4, 0.5) is 0 Å². The van der Waals surface area contributed by atoms with Crippen LogP contribution in [0.5, 0.6) is 0 Å². The van der Waals surface area contributed by atoms with Crippen molar-refractivity contribution in [1.82, 2.24) is 5.32 Å². The fraction of sp³-hybridized carbons (Fsp3) is 0.333. The molecule has 0 aromatic heterocycles. The number of benzene rings is 2. The molecule has 0 spiro atoms. The Balaban J connectivity index is 1.66. The van der Waals surface area contributed by atoms with E-state index in [2.05, 4.69) is 11.4 Å². The Morgan fingerprint density at radius 1 is 1.20 bits per heavy atom. The molecule has 1 aliphatic carbocycles. The van der Waals surface area contributed by atoms with Crippen molar-refractivity contribution in [3.8, 4) is 0 Å². The van der Waals surface area contributed by atoms with E-state index in [1.165, 1.54) is 5.56 Å². The molecule has 130 valence electrons. The van der Waals surface area contributed by atoms with Gasteiger partial charge >= 0.3 is 5.97 Å². The number of carbonyl (C=O) groups excluding carboxylic acids is 1. The van der Waals surface area contributed by atoms with E-state index in [1.807, 2.05) is 31.2 Å². The molecule has 2 aromatic rings. The molecule has 25 heavy (non-hydrogen) atoms. The van der Waals surface area contributed by atoms with E-state index < -0.39 is 5.97 Å². The van der Waals surface area contributed by atoms with E-state index in [0.717, 1.165) is 36.0 Å². The van der Waals surface area contributed by atoms with Crippen LogP contribution in [0.1, 0.15) is 57.9 Å². The number of carbonyl (C=O) groups is 2. The summed E-state index contributed by atoms with van der Waals surface area (Å²) >= 11 is 0. The molecule has 1 atom stereocenters. The van der Waals surface area contributed by atoms with Gasteiger partial charge in [0.25, 0.3) is 0 Å². The molecule has 3 rings (SSSR count). The highest BCUT2D eigenvalue weighted by Crippen LogP contribution is 2.30. The summed E-state index contributed by atoms with van der Waals surface area (Å²) in [5, 5.41) is 12.3. The van der Waals surface area contributed by atoms with E-state index in [-0.39, 0.29) is 17.5 Å². The van der Waals surface area contributed by atoms with Gasteiger partial charge in [-0.3, -0.25) is 4.79 Å². The first-order valence-corrected chi connectivity index (χ1v) is 8.74. The number of aryl methyl sites for hydroxylation is 3. The number of nitrogens with one attached hydrogen (secondary N) is 1. The number of hydrogen-bond donors (Lipinski definition) is 2. The summed E-state index contributed by atoms with van der Waals surface area (Å²) in [6.07, 6.45) is 3.94. The molecule has 2 N–H and O–H groups in total. The van der Waals surface area contributed by atoms with Crippen LogP contribution in [0.15, 0.2) is 42.5 Å². The summed E-state index contributed by atoms with van der Waals surface area (Å²) in [4.78, 5) is 23.6. The Morgan fingerprint density at radius 3 is 2.80 bits per heavy atom. The maximum Gasteiger partial charge on any atom is 0.335 e. The molecule has 0 heterocycles. The van der Waals surface area contributed by atoms with Gasteiger partial charge in [0.1, 0.15) is 0 Å². The van der Waals surface area contributed by atoms with E-state index in [1.54, 1.807) is 12.1 Å². The van der Waals surface area contributed by atoms with Gasteiger partial charge in [-0.05, 0) is 61.4 Å². The predicted molar refractivity (Wildman–Crippen MR) is 96.7 cm³/mol. The third kappa shape index (κ3) is 4.27. The lowest BCUT2D eigenvalue weighted by atomic mass is 9.86. The number of carboxylic acids is 1. The second-order valence-electron chi connectivity index (χ2n) is 6.72. The molecule has 4 nitrogen and oxygen atoms in total. The van der Waals surface area contributed by atoms with Gasteiger partial charge in [-0.1, -0.05) is 35.9 Å². The van der Waals surface area contributed by atoms with Gasteiger partial charge in [0.05, 0.1) is 11.6 Å². The first kappa shape index (κ1) is 17.2. The SMILES string of the molecule is Cc1cccc(CCC(=O)NC2CCCc3ccc(C(=O)O)cc32)c1. The molecule has 1 aliphatic rings. The molecular formula is C21H23NO3. The van der Waals surface area contributed by atoms with Crippen molar-refractivity contribution in [3.63, 3.8) is 0 Å². The summed E-state index contributed by atoms with van der Waals surface area (Å²) in [5.74, 6) is -0.919. The smallest absolute Gasteiger partial charge is 0.335 e. The topological polar surface area (TPSA) is 66.4 Å². The number of carboxylic acid groups (broad SMARTS) is 1. The zero-order chi connectivity index (χ0) is 17.8. The quantitative estimate of drug-likeness (QED) is 0.871. The number of rotatable bonds is 5. The molecule has 2 aromatic carbocycles. The maximum atomic E-state index is 12.4. The van der Waals surface area contributed by atoms with Crippen LogP contribution in [0.25, 0.3) is 0 Å². The fourth-order valence-electron chi connectivity index (χ4n) is 3.47. The van der Waals surface area contributed by atoms with Crippen LogP contribution in [-0.2, 0) is 17.6 Å². The minimum Gasteiger partial charge on any atom is -0.478 e. The van der Waals surface area contributed by atoms with Crippen molar-refractivity contribution in [1.29, 1.82) is 0 Å². The molecule has 0 radical (unpaired) electrons. The third-order valence-corrected chi connectivity index (χ3v) is 4.77. The molecule has 0 saturated carbocycles. The summed E-state index contributed by atoms with van der Waals surface area (Å²) < 4.78 is 0. The molecule has 0 aliphatic heterocycles. The molecule has 0 fully saturated rings. The molecule has 1 unspecified atom stereocenters. The Kier molecular flexibility index (Phi) is 5.17. The Bertz CT molecular complexity index is 797. The van der Waals surface area contributed by atoms with Crippen molar-refractivity contribution in [3.05, 3.63) is 70.3 Å². The average molecular weight is 337 g/mol. The van der Waals surface area contributed by atoms with Crippen molar-refractivity contribution in [2.24, 2.45) is 0 Å². The van der Waals surface area contributed by atoms with Crippen molar-refractivity contribution < 1.29 is 14.7 Å². The van der Waals surface area contributed by atoms with Crippen molar-refractivity contribution in [2.45, 2.75) is 45.1 Å². The summed E-state index contributed by atoms with van der Waals surface area (Å²) in [5.41, 5.74) is 4.72. The van der Waals surface area contributed by atoms with Gasteiger partial charge in [-0.15, -0.1) is 0 Å². The number of hydrogen-bond acceptors (Lipinski definition) is 2. The van der Waals surface area contributed by atoms with E-state index in [9.17, 15) is 14.7 Å². The second kappa shape index (κ2) is 7.51. The van der Waals surface area contributed by atoms with Crippen LogP contribution in [-0.4, -0.2) is 17.0 Å². The largest absolute Gasteiger partial charge is 0.478 e. The van der Waals surface area contributed by atoms with Crippen LogP contribution in [0, 0.1) is 6.92 Å². The molecule has 4 heteroatoms. The van der Waals surface area contributed by atoms with Gasteiger partial charge in [-0.2, -0.15) is 0 Å². The predicted octanol–water partition coefficient (Wildman–Crippen LogP) is 3.82. The maximum absolute atomic E-state index is 12.4. The van der Waals surface area contributed by atoms with Crippen LogP contribution >= 0.6 is 0 Å². The van der Waals surface area contributed by atoms with Crippen molar-refractivity contribution >= 4 is 11.9 Å². The van der Waals surface area contributed by atoms with Gasteiger partial charge < -0.3 is 10.4 Å². The van der Waals surface area contributed by atoms with Crippen LogP contribution < -0.4 is 5.32 Å². The summed E-state index contributed by atoms with van der Waals surface area (Å²) in [6, 6.07) is 13.3. The lowest BCUT2D eigenvalue weighted by molar-refractivity contribution is -0.121. The number of aromatic carboxylic acids is 1. The highest BCUT2D eigenvalue weighted by molar-refractivity contribution is 5.88. The number of amides is 1. The average Bonchev–Trinajstić information content (AvgIpc) is 2.60. The molecule has 1 amide bonds. The minimum atomic E-state index is -0.933. The molecule has 0 bridgehead atoms. The zero-order valence-electron chi connectivity index (χ0n) is 14.4. The van der Waals surface area contributed by atoms with Gasteiger partial charge in [0.2, 0.25) is 5.91 Å². The Morgan fingerprint density at radius 2 is 2.04 bits per heavy atom. The lowest BCUT2D eigenvalue weighted by Gasteiger charge is -2.27.